The molecule has 0 spiro atoms. The molecule has 45 heavy (non-hydrogen) atoms. The van der Waals surface area contributed by atoms with Gasteiger partial charge in [0.15, 0.2) is 0 Å². The molecule has 2 N–H and O–H groups in total. The van der Waals surface area contributed by atoms with Gasteiger partial charge in [0.25, 0.3) is 0 Å². The van der Waals surface area contributed by atoms with E-state index < -0.39 is 18.5 Å². The number of alkyl halides is 3. The second kappa shape index (κ2) is 20.4. The van der Waals surface area contributed by atoms with Gasteiger partial charge in [-0.3, -0.25) is 0 Å². The summed E-state index contributed by atoms with van der Waals surface area (Å²) in [4.78, 5) is 0. The molecule has 3 heterocycles. The summed E-state index contributed by atoms with van der Waals surface area (Å²) in [6.07, 6.45) is -0.771. The summed E-state index contributed by atoms with van der Waals surface area (Å²) >= 11 is 0. The van der Waals surface area contributed by atoms with Crippen molar-refractivity contribution in [2.75, 3.05) is 47.0 Å². The van der Waals surface area contributed by atoms with E-state index in [0.717, 1.165) is 59.3 Å². The van der Waals surface area contributed by atoms with Crippen LogP contribution < -0.4 is 10.6 Å². The SMILES string of the molecule is C.C.C.CCCC1OCC(F)c2ccccc21.CNC[C@@H]1OC[C@H](F)c2ccccc21.CNC[C@H]1OC[C@@H](F)c2ccccc21. The lowest BCUT2D eigenvalue weighted by Crippen LogP contribution is -2.26. The minimum absolute atomic E-state index is 0. The van der Waals surface area contributed by atoms with Crippen LogP contribution in [0.15, 0.2) is 72.8 Å². The molecule has 8 heteroatoms. The van der Waals surface area contributed by atoms with Crippen LogP contribution in [0.2, 0.25) is 0 Å². The summed E-state index contributed by atoms with van der Waals surface area (Å²) in [6, 6.07) is 22.8. The minimum Gasteiger partial charge on any atom is -0.370 e. The van der Waals surface area contributed by atoms with E-state index in [9.17, 15) is 13.2 Å². The first-order valence-electron chi connectivity index (χ1n) is 14.8. The van der Waals surface area contributed by atoms with Crippen LogP contribution in [0.4, 0.5) is 13.2 Å². The molecule has 0 radical (unpaired) electrons. The number of benzene rings is 3. The van der Waals surface area contributed by atoms with Gasteiger partial charge >= 0.3 is 0 Å². The Labute approximate surface area is 269 Å². The monoisotopic (exact) mass is 632 g/mol. The van der Waals surface area contributed by atoms with Crippen molar-refractivity contribution >= 4 is 0 Å². The minimum atomic E-state index is -0.973. The Morgan fingerprint density at radius 1 is 0.533 bits per heavy atom. The van der Waals surface area contributed by atoms with E-state index in [0.29, 0.717) is 0 Å². The molecule has 0 aliphatic carbocycles. The standard InChI is InChI=1S/C12H15FO.2C11H14FNO.3CH4/c1-2-5-12-10-7-4-3-6-9(10)11(13)8-14-12;2*1-13-6-11-9-5-3-2-4-8(9)10(12)7-14-11;;;/h3-4,6-7,11-12H,2,5,8H2,1H3;2*2-5,10-11,13H,6-7H2,1H3;3*1H4/t;2*10-,11-;;;/m.10.../s1. The summed E-state index contributed by atoms with van der Waals surface area (Å²) in [6.45, 7) is 4.12. The maximum Gasteiger partial charge on any atom is 0.149 e. The quantitative estimate of drug-likeness (QED) is 0.284. The molecule has 0 saturated heterocycles. The number of halogens is 3. The predicted octanol–water partition coefficient (Wildman–Crippen LogP) is 9.45. The Morgan fingerprint density at radius 2 is 0.822 bits per heavy atom. The third kappa shape index (κ3) is 10.4. The molecule has 5 nitrogen and oxygen atoms in total. The largest absolute Gasteiger partial charge is 0.370 e. The Kier molecular flexibility index (Phi) is 18.2. The second-order valence-electron chi connectivity index (χ2n) is 10.7. The van der Waals surface area contributed by atoms with Crippen LogP contribution in [0.25, 0.3) is 0 Å². The molecule has 252 valence electrons. The van der Waals surface area contributed by atoms with Crippen LogP contribution in [0, 0.1) is 0 Å². The zero-order valence-electron chi connectivity index (χ0n) is 24.7. The fourth-order valence-corrected chi connectivity index (χ4v) is 5.62. The molecular formula is C37H55F3N2O3. The van der Waals surface area contributed by atoms with Crippen molar-refractivity contribution in [2.24, 2.45) is 0 Å². The van der Waals surface area contributed by atoms with Gasteiger partial charge in [-0.25, -0.2) is 13.2 Å². The number of fused-ring (bicyclic) bond motifs is 3. The summed E-state index contributed by atoms with van der Waals surface area (Å²) in [7, 11) is 3.74. The summed E-state index contributed by atoms with van der Waals surface area (Å²) in [5, 5.41) is 6.09. The third-order valence-electron chi connectivity index (χ3n) is 7.70. The Bertz CT molecular complexity index is 1100. The number of rotatable bonds is 6. The zero-order valence-corrected chi connectivity index (χ0v) is 24.7. The van der Waals surface area contributed by atoms with Gasteiger partial charge in [-0.2, -0.15) is 0 Å². The molecule has 0 saturated carbocycles. The van der Waals surface area contributed by atoms with Crippen molar-refractivity contribution in [1.82, 2.24) is 10.6 Å². The first kappa shape index (κ1) is 40.3. The molecule has 6 atom stereocenters. The van der Waals surface area contributed by atoms with Crippen molar-refractivity contribution in [3.8, 4) is 0 Å². The summed E-state index contributed by atoms with van der Waals surface area (Å²) < 4.78 is 56.7. The maximum absolute atomic E-state index is 13.5. The van der Waals surface area contributed by atoms with Crippen LogP contribution >= 0.6 is 0 Å². The fourth-order valence-electron chi connectivity index (χ4n) is 5.62. The van der Waals surface area contributed by atoms with Crippen LogP contribution in [0.3, 0.4) is 0 Å². The van der Waals surface area contributed by atoms with Crippen LogP contribution in [-0.2, 0) is 14.2 Å². The molecule has 0 amide bonds. The summed E-state index contributed by atoms with van der Waals surface area (Å²) in [5.41, 5.74) is 5.35. The van der Waals surface area contributed by atoms with E-state index in [1.54, 1.807) is 0 Å². The number of ether oxygens (including phenoxy) is 3. The molecule has 6 rings (SSSR count). The van der Waals surface area contributed by atoms with Crippen molar-refractivity contribution in [2.45, 2.75) is 78.9 Å². The van der Waals surface area contributed by atoms with Gasteiger partial charge < -0.3 is 24.8 Å². The number of hydrogen-bond donors (Lipinski definition) is 2. The molecular weight excluding hydrogens is 577 g/mol. The Balaban J connectivity index is 0.000000327. The average molecular weight is 633 g/mol. The lowest BCUT2D eigenvalue weighted by atomic mass is 9.94. The van der Waals surface area contributed by atoms with Gasteiger partial charge in [-0.15, -0.1) is 0 Å². The molecule has 0 aromatic heterocycles. The lowest BCUT2D eigenvalue weighted by molar-refractivity contribution is -0.00563. The van der Waals surface area contributed by atoms with Gasteiger partial charge in [-0.1, -0.05) is 108 Å². The molecule has 3 aliphatic heterocycles. The molecule has 0 fully saturated rings. The van der Waals surface area contributed by atoms with Crippen molar-refractivity contribution in [1.29, 1.82) is 0 Å². The van der Waals surface area contributed by atoms with Gasteiger partial charge in [0.2, 0.25) is 0 Å². The topological polar surface area (TPSA) is 51.8 Å². The fraction of sp³-hybridized carbons (Fsp3) is 0.514. The third-order valence-corrected chi connectivity index (χ3v) is 7.70. The van der Waals surface area contributed by atoms with Gasteiger partial charge in [0, 0.05) is 13.1 Å². The van der Waals surface area contributed by atoms with Crippen LogP contribution in [-0.4, -0.2) is 47.0 Å². The number of likely N-dealkylation sites (N-methyl/N-ethyl adjacent to an activating group) is 2. The van der Waals surface area contributed by atoms with E-state index in [4.69, 9.17) is 14.2 Å². The van der Waals surface area contributed by atoms with E-state index >= 15 is 0 Å². The lowest BCUT2D eigenvalue weighted by Gasteiger charge is -2.28. The Morgan fingerprint density at radius 3 is 1.13 bits per heavy atom. The highest BCUT2D eigenvalue weighted by Crippen LogP contribution is 2.37. The maximum atomic E-state index is 13.5. The van der Waals surface area contributed by atoms with Crippen LogP contribution in [0.5, 0.6) is 0 Å². The van der Waals surface area contributed by atoms with Gasteiger partial charge in [0.05, 0.1) is 38.1 Å². The summed E-state index contributed by atoms with van der Waals surface area (Å²) in [5.74, 6) is 0. The molecule has 2 unspecified atom stereocenters. The first-order valence-corrected chi connectivity index (χ1v) is 14.8. The molecule has 3 aromatic rings. The predicted molar refractivity (Wildman–Crippen MR) is 180 cm³/mol. The normalized spacial score (nSPS) is 24.1. The molecule has 3 aromatic carbocycles. The zero-order chi connectivity index (χ0) is 29.9. The highest BCUT2D eigenvalue weighted by Gasteiger charge is 2.28. The van der Waals surface area contributed by atoms with E-state index in [1.165, 1.54) is 0 Å². The van der Waals surface area contributed by atoms with Crippen LogP contribution in [0.1, 0.15) is 112 Å². The highest BCUT2D eigenvalue weighted by molar-refractivity contribution is 5.34. The van der Waals surface area contributed by atoms with Crippen molar-refractivity contribution in [3.05, 3.63) is 106 Å². The van der Waals surface area contributed by atoms with Gasteiger partial charge in [0.1, 0.15) is 18.5 Å². The van der Waals surface area contributed by atoms with Crippen molar-refractivity contribution in [3.63, 3.8) is 0 Å². The van der Waals surface area contributed by atoms with E-state index in [2.05, 4.69) is 17.6 Å². The number of hydrogen-bond acceptors (Lipinski definition) is 5. The van der Waals surface area contributed by atoms with E-state index in [-0.39, 0.29) is 60.4 Å². The highest BCUT2D eigenvalue weighted by atomic mass is 19.1. The number of nitrogens with one attached hydrogen (secondary N) is 2. The Hall–Kier alpha value is -2.75. The average Bonchev–Trinajstić information content (AvgIpc) is 3.03. The second-order valence-corrected chi connectivity index (χ2v) is 10.7. The van der Waals surface area contributed by atoms with Crippen molar-refractivity contribution < 1.29 is 27.4 Å². The molecule has 0 bridgehead atoms. The smallest absolute Gasteiger partial charge is 0.149 e. The first-order chi connectivity index (χ1) is 20.5. The van der Waals surface area contributed by atoms with Gasteiger partial charge in [-0.05, 0) is 53.9 Å². The van der Waals surface area contributed by atoms with E-state index in [1.807, 2.05) is 86.9 Å². The molecule has 3 aliphatic rings.